The number of hydrogen-bond acceptors (Lipinski definition) is 8. The summed E-state index contributed by atoms with van der Waals surface area (Å²) in [5, 5.41) is 28.2. The van der Waals surface area contributed by atoms with Crippen LogP contribution in [-0.2, 0) is 4.74 Å². The van der Waals surface area contributed by atoms with Gasteiger partial charge in [-0.3, -0.25) is 4.57 Å². The molecule has 94 valence electrons. The van der Waals surface area contributed by atoms with Gasteiger partial charge in [-0.2, -0.15) is 9.97 Å². The molecule has 0 radical (unpaired) electrons. The maximum atomic E-state index is 10.8. The molecular formula is C8H12N4O5. The molecule has 9 nitrogen and oxygen atoms in total. The number of hydrogen-bond donors (Lipinski definition) is 4. The molecule has 2 heterocycles. The Bertz CT molecular complexity index is 463. The van der Waals surface area contributed by atoms with Gasteiger partial charge >= 0.3 is 5.69 Å². The minimum atomic E-state index is -1.29. The lowest BCUT2D eigenvalue weighted by molar-refractivity contribution is -0.0528. The van der Waals surface area contributed by atoms with Crippen LogP contribution in [0.5, 0.6) is 0 Å². The second kappa shape index (κ2) is 4.37. The van der Waals surface area contributed by atoms with Gasteiger partial charge in [0.05, 0.1) is 6.61 Å². The molecule has 17 heavy (non-hydrogen) atoms. The summed E-state index contributed by atoms with van der Waals surface area (Å²) in [5.41, 5.74) is 4.71. The highest BCUT2D eigenvalue weighted by molar-refractivity contribution is 5.15. The number of aliphatic hydroxyl groups excluding tert-OH is 3. The lowest BCUT2D eigenvalue weighted by atomic mass is 10.1. The van der Waals surface area contributed by atoms with Crippen molar-refractivity contribution in [3.8, 4) is 0 Å². The van der Waals surface area contributed by atoms with Gasteiger partial charge < -0.3 is 25.8 Å². The van der Waals surface area contributed by atoms with Crippen LogP contribution in [0, 0.1) is 0 Å². The van der Waals surface area contributed by atoms with Crippen LogP contribution >= 0.6 is 0 Å². The minimum Gasteiger partial charge on any atom is -0.394 e. The van der Waals surface area contributed by atoms with Gasteiger partial charge in [-0.05, 0) is 0 Å². The molecule has 9 heteroatoms. The van der Waals surface area contributed by atoms with Crippen LogP contribution in [0.2, 0.25) is 0 Å². The van der Waals surface area contributed by atoms with Crippen molar-refractivity contribution >= 4 is 5.95 Å². The molecule has 0 amide bonds. The summed E-state index contributed by atoms with van der Waals surface area (Å²) in [4.78, 5) is 17.6. The fourth-order valence-corrected chi connectivity index (χ4v) is 1.66. The normalized spacial score (nSPS) is 32.9. The molecule has 1 aromatic heterocycles. The molecular weight excluding hydrogens is 232 g/mol. The summed E-state index contributed by atoms with van der Waals surface area (Å²) >= 11 is 0. The Labute approximate surface area is 95.1 Å². The Morgan fingerprint density at radius 2 is 2.18 bits per heavy atom. The molecule has 0 spiro atoms. The van der Waals surface area contributed by atoms with E-state index in [0.717, 1.165) is 10.9 Å². The van der Waals surface area contributed by atoms with Crippen molar-refractivity contribution in [2.24, 2.45) is 0 Å². The average Bonchev–Trinajstić information content (AvgIpc) is 2.57. The Hall–Kier alpha value is -1.55. The first-order valence-corrected chi connectivity index (χ1v) is 4.87. The van der Waals surface area contributed by atoms with Gasteiger partial charge in [-0.15, -0.1) is 0 Å². The van der Waals surface area contributed by atoms with Gasteiger partial charge in [0.1, 0.15) is 24.6 Å². The van der Waals surface area contributed by atoms with E-state index in [0.29, 0.717) is 0 Å². The van der Waals surface area contributed by atoms with Gasteiger partial charge in [0, 0.05) is 0 Å². The maximum absolute atomic E-state index is 10.8. The topological polar surface area (TPSA) is 144 Å². The van der Waals surface area contributed by atoms with E-state index in [1.165, 1.54) is 0 Å². The van der Waals surface area contributed by atoms with Crippen molar-refractivity contribution in [3.63, 3.8) is 0 Å². The average molecular weight is 244 g/mol. The second-order valence-corrected chi connectivity index (χ2v) is 3.63. The van der Waals surface area contributed by atoms with Crippen LogP contribution in [0.4, 0.5) is 5.95 Å². The van der Waals surface area contributed by atoms with Crippen LogP contribution in [0.3, 0.4) is 0 Å². The number of anilines is 1. The van der Waals surface area contributed by atoms with Crippen molar-refractivity contribution in [1.82, 2.24) is 14.5 Å². The SMILES string of the molecule is Nc1nc(=O)ncn1C1O[C@H](CO)[C@@H](O)[C@H]1O. The molecule has 0 aliphatic carbocycles. The van der Waals surface area contributed by atoms with Gasteiger partial charge in [-0.25, -0.2) is 4.79 Å². The molecule has 0 saturated carbocycles. The van der Waals surface area contributed by atoms with Crippen LogP contribution in [0.1, 0.15) is 6.23 Å². The van der Waals surface area contributed by atoms with E-state index in [1.54, 1.807) is 0 Å². The number of aromatic nitrogens is 3. The molecule has 1 aliphatic heterocycles. The zero-order valence-electron chi connectivity index (χ0n) is 8.67. The van der Waals surface area contributed by atoms with Gasteiger partial charge in [0.15, 0.2) is 6.23 Å². The highest BCUT2D eigenvalue weighted by Gasteiger charge is 2.43. The van der Waals surface area contributed by atoms with E-state index >= 15 is 0 Å². The maximum Gasteiger partial charge on any atom is 0.371 e. The largest absolute Gasteiger partial charge is 0.394 e. The first-order valence-electron chi connectivity index (χ1n) is 4.87. The fourth-order valence-electron chi connectivity index (χ4n) is 1.66. The predicted molar refractivity (Wildman–Crippen MR) is 53.7 cm³/mol. The number of nitrogens with zero attached hydrogens (tertiary/aromatic N) is 3. The van der Waals surface area contributed by atoms with Crippen LogP contribution in [0.25, 0.3) is 0 Å². The molecule has 4 atom stereocenters. The first-order chi connectivity index (χ1) is 8.04. The van der Waals surface area contributed by atoms with E-state index < -0.39 is 36.8 Å². The minimum absolute atomic E-state index is 0.195. The van der Waals surface area contributed by atoms with Crippen molar-refractivity contribution in [2.75, 3.05) is 12.3 Å². The first kappa shape index (κ1) is 11.9. The monoisotopic (exact) mass is 244 g/mol. The molecule has 1 fully saturated rings. The standard InChI is InChI=1S/C8H12N4O5/c9-7-11-8(16)10-2-12(7)6-5(15)4(14)3(1-13)17-6/h2-6,13-15H,1H2,(H2,9,11,16)/t3-,4-,5-,6?/m1/s1. The van der Waals surface area contributed by atoms with Crippen molar-refractivity contribution in [2.45, 2.75) is 24.5 Å². The third-order valence-electron chi connectivity index (χ3n) is 2.56. The summed E-state index contributed by atoms with van der Waals surface area (Å²) in [6.07, 6.45) is -3.44. The summed E-state index contributed by atoms with van der Waals surface area (Å²) in [7, 11) is 0. The highest BCUT2D eigenvalue weighted by atomic mass is 16.6. The molecule has 2 rings (SSSR count). The third-order valence-corrected chi connectivity index (χ3v) is 2.56. The van der Waals surface area contributed by atoms with Gasteiger partial charge in [-0.1, -0.05) is 0 Å². The Morgan fingerprint density at radius 1 is 1.47 bits per heavy atom. The van der Waals surface area contributed by atoms with Gasteiger partial charge in [0.25, 0.3) is 0 Å². The molecule has 5 N–H and O–H groups in total. The third kappa shape index (κ3) is 2.00. The number of rotatable bonds is 2. The zero-order chi connectivity index (χ0) is 12.6. The van der Waals surface area contributed by atoms with Crippen LogP contribution < -0.4 is 11.4 Å². The number of ether oxygens (including phenoxy) is 1. The van der Waals surface area contributed by atoms with Gasteiger partial charge in [0.2, 0.25) is 5.95 Å². The summed E-state index contributed by atoms with van der Waals surface area (Å²) in [6, 6.07) is 0. The fraction of sp³-hybridized carbons (Fsp3) is 0.625. The van der Waals surface area contributed by atoms with Crippen molar-refractivity contribution in [1.29, 1.82) is 0 Å². The quantitative estimate of drug-likeness (QED) is 0.426. The molecule has 1 aliphatic rings. The highest BCUT2D eigenvalue weighted by Crippen LogP contribution is 2.29. The van der Waals surface area contributed by atoms with E-state index in [-0.39, 0.29) is 5.95 Å². The molecule has 1 unspecified atom stereocenters. The van der Waals surface area contributed by atoms with Crippen molar-refractivity contribution < 1.29 is 20.1 Å². The predicted octanol–water partition coefficient (Wildman–Crippen LogP) is -3.17. The second-order valence-electron chi connectivity index (χ2n) is 3.63. The molecule has 0 bridgehead atoms. The zero-order valence-corrected chi connectivity index (χ0v) is 8.67. The summed E-state index contributed by atoms with van der Waals surface area (Å²) in [6.45, 7) is -0.449. The summed E-state index contributed by atoms with van der Waals surface area (Å²) < 4.78 is 6.31. The lowest BCUT2D eigenvalue weighted by Crippen LogP contribution is -2.34. The number of aliphatic hydroxyl groups is 3. The number of nitrogen functional groups attached to an aromatic ring is 1. The molecule has 1 aromatic rings. The molecule has 1 saturated heterocycles. The molecule has 0 aromatic carbocycles. The van der Waals surface area contributed by atoms with E-state index in [2.05, 4.69) is 9.97 Å². The Balaban J connectivity index is 2.32. The summed E-state index contributed by atoms with van der Waals surface area (Å²) in [5.74, 6) is -0.195. The van der Waals surface area contributed by atoms with Crippen LogP contribution in [0.15, 0.2) is 11.1 Å². The Kier molecular flexibility index (Phi) is 3.07. The van der Waals surface area contributed by atoms with E-state index in [1.807, 2.05) is 0 Å². The number of nitrogens with two attached hydrogens (primary N) is 1. The van der Waals surface area contributed by atoms with E-state index in [9.17, 15) is 15.0 Å². The smallest absolute Gasteiger partial charge is 0.371 e. The van der Waals surface area contributed by atoms with Crippen molar-refractivity contribution in [3.05, 3.63) is 16.8 Å². The Morgan fingerprint density at radius 3 is 2.71 bits per heavy atom. The van der Waals surface area contributed by atoms with Crippen LogP contribution in [-0.4, -0.2) is 54.8 Å². The van der Waals surface area contributed by atoms with E-state index in [4.69, 9.17) is 15.6 Å². The lowest BCUT2D eigenvalue weighted by Gasteiger charge is -2.18.